The van der Waals surface area contributed by atoms with Gasteiger partial charge in [-0.2, -0.15) is 0 Å². The molecule has 0 amide bonds. The van der Waals surface area contributed by atoms with Crippen LogP contribution < -0.4 is 5.32 Å². The SMILES string of the molecule is O=S1(=O)CCCN1CCNc1ccc(Br)cc1. The number of hydrogen-bond donors (Lipinski definition) is 1. The van der Waals surface area contributed by atoms with Crippen molar-refractivity contribution in [2.75, 3.05) is 30.7 Å². The zero-order chi connectivity index (χ0) is 12.3. The van der Waals surface area contributed by atoms with E-state index in [9.17, 15) is 8.42 Å². The first-order chi connectivity index (χ1) is 8.08. The second-order valence-electron chi connectivity index (χ2n) is 4.00. The molecule has 94 valence electrons. The van der Waals surface area contributed by atoms with Crippen molar-refractivity contribution in [1.82, 2.24) is 4.31 Å². The summed E-state index contributed by atoms with van der Waals surface area (Å²) in [4.78, 5) is 0. The van der Waals surface area contributed by atoms with Crippen LogP contribution in [-0.4, -0.2) is 38.1 Å². The van der Waals surface area contributed by atoms with Gasteiger partial charge >= 0.3 is 0 Å². The molecule has 1 aliphatic heterocycles. The van der Waals surface area contributed by atoms with Gasteiger partial charge in [0.1, 0.15) is 0 Å². The molecule has 0 atom stereocenters. The second kappa shape index (κ2) is 5.37. The van der Waals surface area contributed by atoms with Crippen LogP contribution in [-0.2, 0) is 10.0 Å². The van der Waals surface area contributed by atoms with Crippen molar-refractivity contribution in [3.8, 4) is 0 Å². The Morgan fingerprint density at radius 1 is 1.29 bits per heavy atom. The fourth-order valence-electron chi connectivity index (χ4n) is 1.84. The van der Waals surface area contributed by atoms with Crippen LogP contribution in [0.1, 0.15) is 6.42 Å². The maximum absolute atomic E-state index is 11.5. The molecule has 1 aromatic rings. The smallest absolute Gasteiger partial charge is 0.214 e. The highest BCUT2D eigenvalue weighted by Crippen LogP contribution is 2.15. The van der Waals surface area contributed by atoms with E-state index >= 15 is 0 Å². The van der Waals surface area contributed by atoms with Crippen molar-refractivity contribution in [3.05, 3.63) is 28.7 Å². The molecule has 0 unspecified atom stereocenters. The number of hydrogen-bond acceptors (Lipinski definition) is 3. The van der Waals surface area contributed by atoms with E-state index < -0.39 is 10.0 Å². The highest BCUT2D eigenvalue weighted by molar-refractivity contribution is 9.10. The van der Waals surface area contributed by atoms with E-state index in [0.29, 0.717) is 25.4 Å². The van der Waals surface area contributed by atoms with Gasteiger partial charge in [-0.15, -0.1) is 0 Å². The Kier molecular flexibility index (Phi) is 4.06. The summed E-state index contributed by atoms with van der Waals surface area (Å²) in [5, 5.41) is 3.21. The molecule has 0 spiro atoms. The topological polar surface area (TPSA) is 49.4 Å². The molecule has 4 nitrogen and oxygen atoms in total. The Balaban J connectivity index is 1.82. The van der Waals surface area contributed by atoms with Gasteiger partial charge in [-0.3, -0.25) is 0 Å². The monoisotopic (exact) mass is 318 g/mol. The molecule has 1 N–H and O–H groups in total. The number of sulfonamides is 1. The van der Waals surface area contributed by atoms with E-state index in [2.05, 4.69) is 21.2 Å². The summed E-state index contributed by atoms with van der Waals surface area (Å²) in [5.41, 5.74) is 1.00. The van der Waals surface area contributed by atoms with Crippen molar-refractivity contribution >= 4 is 31.6 Å². The summed E-state index contributed by atoms with van der Waals surface area (Å²) in [7, 11) is -2.96. The average Bonchev–Trinajstić information content (AvgIpc) is 2.61. The van der Waals surface area contributed by atoms with Crippen LogP contribution in [0.4, 0.5) is 5.69 Å². The quantitative estimate of drug-likeness (QED) is 0.922. The Hall–Kier alpha value is -0.590. The highest BCUT2D eigenvalue weighted by atomic mass is 79.9. The van der Waals surface area contributed by atoms with Gasteiger partial charge in [-0.25, -0.2) is 12.7 Å². The molecule has 0 aliphatic carbocycles. The lowest BCUT2D eigenvalue weighted by Gasteiger charge is -2.15. The van der Waals surface area contributed by atoms with Gasteiger partial charge in [0, 0.05) is 29.8 Å². The summed E-state index contributed by atoms with van der Waals surface area (Å²) >= 11 is 3.37. The van der Waals surface area contributed by atoms with Crippen LogP contribution in [0.3, 0.4) is 0 Å². The third kappa shape index (κ3) is 3.43. The Morgan fingerprint density at radius 2 is 2.00 bits per heavy atom. The van der Waals surface area contributed by atoms with E-state index in [1.54, 1.807) is 4.31 Å². The number of rotatable bonds is 4. The first kappa shape index (κ1) is 12.9. The molecule has 0 radical (unpaired) electrons. The van der Waals surface area contributed by atoms with Gasteiger partial charge < -0.3 is 5.32 Å². The maximum atomic E-state index is 11.5. The van der Waals surface area contributed by atoms with E-state index in [-0.39, 0.29) is 0 Å². The summed E-state index contributed by atoms with van der Waals surface area (Å²) < 4.78 is 25.7. The Labute approximate surface area is 110 Å². The van der Waals surface area contributed by atoms with Crippen molar-refractivity contribution < 1.29 is 8.42 Å². The molecule has 1 heterocycles. The number of nitrogens with zero attached hydrogens (tertiary/aromatic N) is 1. The Bertz CT molecular complexity index is 473. The molecule has 17 heavy (non-hydrogen) atoms. The van der Waals surface area contributed by atoms with Crippen LogP contribution in [0.2, 0.25) is 0 Å². The third-order valence-corrected chi connectivity index (χ3v) is 5.22. The molecule has 0 saturated carbocycles. The molecule has 1 aromatic carbocycles. The summed E-state index contributed by atoms with van der Waals surface area (Å²) in [6.07, 6.45) is 0.751. The molecule has 1 saturated heterocycles. The minimum Gasteiger partial charge on any atom is -0.384 e. The van der Waals surface area contributed by atoms with Gasteiger partial charge in [0.25, 0.3) is 0 Å². The average molecular weight is 319 g/mol. The zero-order valence-corrected chi connectivity index (χ0v) is 11.8. The molecule has 1 aliphatic rings. The predicted molar refractivity (Wildman–Crippen MR) is 72.6 cm³/mol. The van der Waals surface area contributed by atoms with Crippen molar-refractivity contribution in [2.24, 2.45) is 0 Å². The first-order valence-electron chi connectivity index (χ1n) is 5.55. The lowest BCUT2D eigenvalue weighted by atomic mass is 10.3. The molecule has 2 rings (SSSR count). The van der Waals surface area contributed by atoms with Crippen LogP contribution in [0, 0.1) is 0 Å². The van der Waals surface area contributed by atoms with Crippen molar-refractivity contribution in [1.29, 1.82) is 0 Å². The number of anilines is 1. The summed E-state index contributed by atoms with van der Waals surface area (Å²) in [6, 6.07) is 7.83. The van der Waals surface area contributed by atoms with Crippen LogP contribution >= 0.6 is 15.9 Å². The number of benzene rings is 1. The zero-order valence-electron chi connectivity index (χ0n) is 9.39. The fourth-order valence-corrected chi connectivity index (χ4v) is 3.63. The van der Waals surface area contributed by atoms with Crippen molar-refractivity contribution in [2.45, 2.75) is 6.42 Å². The maximum Gasteiger partial charge on any atom is 0.214 e. The Morgan fingerprint density at radius 3 is 2.59 bits per heavy atom. The largest absolute Gasteiger partial charge is 0.384 e. The molecule has 1 fully saturated rings. The number of nitrogens with one attached hydrogen (secondary N) is 1. The van der Waals surface area contributed by atoms with E-state index in [4.69, 9.17) is 0 Å². The van der Waals surface area contributed by atoms with Gasteiger partial charge in [-0.05, 0) is 30.7 Å². The van der Waals surface area contributed by atoms with E-state index in [0.717, 1.165) is 16.6 Å². The molecule has 0 aromatic heterocycles. The van der Waals surface area contributed by atoms with E-state index in [1.807, 2.05) is 24.3 Å². The number of halogens is 1. The highest BCUT2D eigenvalue weighted by Gasteiger charge is 2.27. The molecule has 0 bridgehead atoms. The molecular formula is C11H15BrN2O2S. The minimum absolute atomic E-state index is 0.297. The molecular weight excluding hydrogens is 304 g/mol. The lowest BCUT2D eigenvalue weighted by Crippen LogP contribution is -2.30. The third-order valence-electron chi connectivity index (χ3n) is 2.74. The van der Waals surface area contributed by atoms with E-state index in [1.165, 1.54) is 0 Å². The minimum atomic E-state index is -2.96. The van der Waals surface area contributed by atoms with Crippen LogP contribution in [0.5, 0.6) is 0 Å². The standard InChI is InChI=1S/C11H15BrN2O2S/c12-10-2-4-11(5-3-10)13-6-8-14-7-1-9-17(14,15)16/h2-5,13H,1,6-9H2. The van der Waals surface area contributed by atoms with Crippen LogP contribution in [0.25, 0.3) is 0 Å². The summed E-state index contributed by atoms with van der Waals surface area (Å²) in [5.74, 6) is 0.297. The van der Waals surface area contributed by atoms with Gasteiger partial charge in [0.2, 0.25) is 10.0 Å². The van der Waals surface area contributed by atoms with Gasteiger partial charge in [-0.1, -0.05) is 15.9 Å². The molecule has 6 heteroatoms. The van der Waals surface area contributed by atoms with Crippen LogP contribution in [0.15, 0.2) is 28.7 Å². The fraction of sp³-hybridized carbons (Fsp3) is 0.455. The predicted octanol–water partition coefficient (Wildman–Crippen LogP) is 1.90. The normalized spacial score (nSPS) is 19.4. The van der Waals surface area contributed by atoms with Gasteiger partial charge in [0.15, 0.2) is 0 Å². The van der Waals surface area contributed by atoms with Gasteiger partial charge in [0.05, 0.1) is 5.75 Å². The second-order valence-corrected chi connectivity index (χ2v) is 7.01. The lowest BCUT2D eigenvalue weighted by molar-refractivity contribution is 0.456. The first-order valence-corrected chi connectivity index (χ1v) is 7.95. The van der Waals surface area contributed by atoms with Crippen molar-refractivity contribution in [3.63, 3.8) is 0 Å². The summed E-state index contributed by atoms with van der Waals surface area (Å²) in [6.45, 7) is 1.84.